The van der Waals surface area contributed by atoms with Gasteiger partial charge in [-0.15, -0.1) is 0 Å². The molecule has 21 heavy (non-hydrogen) atoms. The summed E-state index contributed by atoms with van der Waals surface area (Å²) in [5, 5.41) is 0. The number of ether oxygens (including phenoxy) is 2. The maximum Gasteiger partial charge on any atom is 0.240 e. The Balaban J connectivity index is 2.74. The molecule has 0 saturated heterocycles. The first-order chi connectivity index (χ1) is 10.0. The van der Waals surface area contributed by atoms with Gasteiger partial charge in [0.15, 0.2) is 0 Å². The number of benzene rings is 1. The van der Waals surface area contributed by atoms with E-state index in [0.717, 1.165) is 12.8 Å². The molecule has 7 heteroatoms. The first-order valence-electron chi connectivity index (χ1n) is 6.99. The highest BCUT2D eigenvalue weighted by atomic mass is 32.2. The summed E-state index contributed by atoms with van der Waals surface area (Å²) in [5.74, 6) is 0.624. The third-order valence-electron chi connectivity index (χ3n) is 2.93. The standard InChI is InChI=1S/C14H24N2O4S/c1-3-20-14-7-6-13(10-12(14)11-15)21(17,18)16-8-4-5-9-19-2/h6-7,10,16H,3-5,8-9,11,15H2,1-2H3. The van der Waals surface area contributed by atoms with Gasteiger partial charge in [0.25, 0.3) is 0 Å². The molecule has 0 aliphatic carbocycles. The fourth-order valence-electron chi connectivity index (χ4n) is 1.84. The molecule has 0 radical (unpaired) electrons. The molecule has 0 aliphatic heterocycles. The van der Waals surface area contributed by atoms with Gasteiger partial charge in [0.2, 0.25) is 10.0 Å². The predicted octanol–water partition coefficient (Wildman–Crippen LogP) is 1.25. The lowest BCUT2D eigenvalue weighted by atomic mass is 10.2. The zero-order valence-electron chi connectivity index (χ0n) is 12.6. The Morgan fingerprint density at radius 3 is 2.67 bits per heavy atom. The summed E-state index contributed by atoms with van der Waals surface area (Å²) in [4.78, 5) is 0.207. The van der Waals surface area contributed by atoms with E-state index >= 15 is 0 Å². The molecule has 0 heterocycles. The molecule has 6 nitrogen and oxygen atoms in total. The molecule has 0 aliphatic rings. The Morgan fingerprint density at radius 1 is 1.29 bits per heavy atom. The van der Waals surface area contributed by atoms with Crippen LogP contribution in [-0.2, 0) is 21.3 Å². The molecule has 0 unspecified atom stereocenters. The average molecular weight is 316 g/mol. The maximum absolute atomic E-state index is 12.2. The van der Waals surface area contributed by atoms with Crippen molar-refractivity contribution in [1.29, 1.82) is 0 Å². The molecule has 0 spiro atoms. The smallest absolute Gasteiger partial charge is 0.240 e. The van der Waals surface area contributed by atoms with Crippen LogP contribution in [0.15, 0.2) is 23.1 Å². The highest BCUT2D eigenvalue weighted by Crippen LogP contribution is 2.22. The Bertz CT molecular complexity index is 532. The van der Waals surface area contributed by atoms with Gasteiger partial charge in [0.1, 0.15) is 5.75 Å². The van der Waals surface area contributed by atoms with Gasteiger partial charge < -0.3 is 15.2 Å². The van der Waals surface area contributed by atoms with Gasteiger partial charge in [-0.25, -0.2) is 13.1 Å². The number of unbranched alkanes of at least 4 members (excludes halogenated alkanes) is 1. The van der Waals surface area contributed by atoms with E-state index in [1.54, 1.807) is 19.2 Å². The summed E-state index contributed by atoms with van der Waals surface area (Å²) >= 11 is 0. The van der Waals surface area contributed by atoms with Crippen LogP contribution < -0.4 is 15.2 Å². The molecule has 0 amide bonds. The number of hydrogen-bond acceptors (Lipinski definition) is 5. The Labute approximate surface area is 126 Å². The minimum Gasteiger partial charge on any atom is -0.494 e. The summed E-state index contributed by atoms with van der Waals surface area (Å²) in [5.41, 5.74) is 6.32. The Hall–Kier alpha value is -1.15. The Morgan fingerprint density at radius 2 is 2.05 bits per heavy atom. The van der Waals surface area contributed by atoms with Gasteiger partial charge in [-0.2, -0.15) is 0 Å². The molecule has 0 saturated carbocycles. The van der Waals surface area contributed by atoms with Crippen LogP contribution in [0.1, 0.15) is 25.3 Å². The lowest BCUT2D eigenvalue weighted by molar-refractivity contribution is 0.193. The minimum absolute atomic E-state index is 0.207. The van der Waals surface area contributed by atoms with Crippen molar-refractivity contribution < 1.29 is 17.9 Å². The van der Waals surface area contributed by atoms with Crippen molar-refractivity contribution in [3.05, 3.63) is 23.8 Å². The van der Waals surface area contributed by atoms with Crippen LogP contribution in [-0.4, -0.2) is 35.3 Å². The van der Waals surface area contributed by atoms with E-state index in [1.807, 2.05) is 6.92 Å². The second-order valence-electron chi connectivity index (χ2n) is 4.50. The lowest BCUT2D eigenvalue weighted by Crippen LogP contribution is -2.25. The van der Waals surface area contributed by atoms with Crippen LogP contribution in [0.25, 0.3) is 0 Å². The summed E-state index contributed by atoms with van der Waals surface area (Å²) in [7, 11) is -1.89. The fraction of sp³-hybridized carbons (Fsp3) is 0.571. The average Bonchev–Trinajstić information content (AvgIpc) is 2.47. The van der Waals surface area contributed by atoms with Crippen molar-refractivity contribution in [2.45, 2.75) is 31.2 Å². The molecule has 0 aromatic heterocycles. The molecule has 3 N–H and O–H groups in total. The van der Waals surface area contributed by atoms with E-state index < -0.39 is 10.0 Å². The molecular formula is C14H24N2O4S. The van der Waals surface area contributed by atoms with Crippen LogP contribution in [0.5, 0.6) is 5.75 Å². The highest BCUT2D eigenvalue weighted by Gasteiger charge is 2.15. The van der Waals surface area contributed by atoms with Gasteiger partial charge in [-0.1, -0.05) is 0 Å². The van der Waals surface area contributed by atoms with Gasteiger partial charge in [-0.3, -0.25) is 0 Å². The number of sulfonamides is 1. The first kappa shape index (κ1) is 17.9. The van der Waals surface area contributed by atoms with Crippen LogP contribution in [0.2, 0.25) is 0 Å². The molecular weight excluding hydrogens is 292 g/mol. The van der Waals surface area contributed by atoms with Crippen molar-refractivity contribution in [3.8, 4) is 5.75 Å². The van der Waals surface area contributed by atoms with Crippen LogP contribution >= 0.6 is 0 Å². The second kappa shape index (κ2) is 8.99. The number of methoxy groups -OCH3 is 1. The normalized spacial score (nSPS) is 11.6. The third kappa shape index (κ3) is 5.62. The number of rotatable bonds is 10. The zero-order chi connectivity index (χ0) is 15.7. The van der Waals surface area contributed by atoms with E-state index in [-0.39, 0.29) is 11.4 Å². The largest absolute Gasteiger partial charge is 0.494 e. The van der Waals surface area contributed by atoms with Crippen molar-refractivity contribution in [3.63, 3.8) is 0 Å². The molecule has 0 fully saturated rings. The summed E-state index contributed by atoms with van der Waals surface area (Å²) < 4.78 is 37.3. The quantitative estimate of drug-likeness (QED) is 0.634. The summed E-state index contributed by atoms with van der Waals surface area (Å²) in [6.45, 7) is 3.62. The van der Waals surface area contributed by atoms with E-state index in [2.05, 4.69) is 4.72 Å². The molecule has 1 aromatic carbocycles. The Kier molecular flexibility index (Phi) is 7.66. The van der Waals surface area contributed by atoms with E-state index in [1.165, 1.54) is 6.07 Å². The van der Waals surface area contributed by atoms with Gasteiger partial charge in [0.05, 0.1) is 11.5 Å². The number of hydrogen-bond donors (Lipinski definition) is 2. The summed E-state index contributed by atoms with van der Waals surface area (Å²) in [6.07, 6.45) is 1.55. The first-order valence-corrected chi connectivity index (χ1v) is 8.47. The second-order valence-corrected chi connectivity index (χ2v) is 6.27. The van der Waals surface area contributed by atoms with Crippen molar-refractivity contribution in [2.75, 3.05) is 26.9 Å². The molecule has 0 bridgehead atoms. The number of nitrogens with one attached hydrogen (secondary N) is 1. The molecule has 1 rings (SSSR count). The van der Waals surface area contributed by atoms with Gasteiger partial charge >= 0.3 is 0 Å². The lowest BCUT2D eigenvalue weighted by Gasteiger charge is -2.12. The number of nitrogens with two attached hydrogens (primary N) is 1. The van der Waals surface area contributed by atoms with E-state index in [4.69, 9.17) is 15.2 Å². The SMILES string of the molecule is CCOc1ccc(S(=O)(=O)NCCCCOC)cc1CN. The minimum atomic E-state index is -3.51. The fourth-order valence-corrected chi connectivity index (χ4v) is 2.96. The van der Waals surface area contributed by atoms with E-state index in [9.17, 15) is 8.42 Å². The van der Waals surface area contributed by atoms with E-state index in [0.29, 0.717) is 31.1 Å². The molecule has 0 atom stereocenters. The van der Waals surface area contributed by atoms with Crippen LogP contribution in [0, 0.1) is 0 Å². The van der Waals surface area contributed by atoms with Crippen molar-refractivity contribution >= 4 is 10.0 Å². The molecule has 1 aromatic rings. The third-order valence-corrected chi connectivity index (χ3v) is 4.39. The predicted molar refractivity (Wildman–Crippen MR) is 81.8 cm³/mol. The van der Waals surface area contributed by atoms with Gasteiger partial charge in [0, 0.05) is 32.4 Å². The molecule has 120 valence electrons. The highest BCUT2D eigenvalue weighted by molar-refractivity contribution is 7.89. The monoisotopic (exact) mass is 316 g/mol. The van der Waals surface area contributed by atoms with Crippen molar-refractivity contribution in [1.82, 2.24) is 4.72 Å². The van der Waals surface area contributed by atoms with Crippen LogP contribution in [0.4, 0.5) is 0 Å². The van der Waals surface area contributed by atoms with Gasteiger partial charge in [-0.05, 0) is 38.0 Å². The zero-order valence-corrected chi connectivity index (χ0v) is 13.4. The summed E-state index contributed by atoms with van der Waals surface area (Å²) in [6, 6.07) is 4.73. The van der Waals surface area contributed by atoms with Crippen molar-refractivity contribution in [2.24, 2.45) is 5.73 Å². The van der Waals surface area contributed by atoms with Crippen LogP contribution in [0.3, 0.4) is 0 Å². The maximum atomic E-state index is 12.2. The topological polar surface area (TPSA) is 90.7 Å².